The molecule has 73 heavy (non-hydrogen) atoms. The smallest absolute Gasteiger partial charge is 0.871 e. The third kappa shape index (κ3) is 13.1. The van der Waals surface area contributed by atoms with Gasteiger partial charge < -0.3 is 30.1 Å². The molecule has 0 saturated carbocycles. The first-order valence-electron chi connectivity index (χ1n) is 20.9. The number of aliphatic imine (C=N–C) groups is 1. The second kappa shape index (κ2) is 23.4. The van der Waals surface area contributed by atoms with Crippen molar-refractivity contribution < 1.29 is 55.5 Å². The van der Waals surface area contributed by atoms with Gasteiger partial charge in [-0.05, 0) is 108 Å². The standard InChI is InChI=1S/2C25H20ClN3O6S.Ca/c2*1-14-21(11-16(26)12-22(14)36(32,33)34)28-29-23-19-9-4-3-6-15(19)10-20(24(23)30)25(31)27-17-7-5-8-18(13-17)35-2;/h2*3-13,30H,1-2H3,(H,27,31)(H,32,33,34);/q;;+2/p-2. The summed E-state index contributed by atoms with van der Waals surface area (Å²) in [5.74, 6) is -1.44. The minimum atomic E-state index is -4.57. The summed E-state index contributed by atoms with van der Waals surface area (Å²) in [7, 11) is -6.13. The van der Waals surface area contributed by atoms with Gasteiger partial charge in [0.1, 0.15) is 27.0 Å². The SMILES string of the molecule is COc1cccc(N=C([O-])c2cc3ccccc3c(N=Nc3cc(Cl)cc(S(=O)(=O)O)c3C)c2[O-])c1.COc1cccc(NC(=O)c2cc3ccccc3c(N=Nc3cc(Cl)cc(S(=O)(=O)O)c3C)c2O)c1.[Ca+2]. The molecule has 18 nitrogen and oxygen atoms in total. The van der Waals surface area contributed by atoms with Crippen LogP contribution in [0.25, 0.3) is 21.5 Å². The van der Waals surface area contributed by atoms with Gasteiger partial charge in [-0.25, -0.2) is 0 Å². The molecule has 0 fully saturated rings. The Bertz CT molecular complexity index is 3790. The third-order valence-corrected chi connectivity index (χ3v) is 13.1. The van der Waals surface area contributed by atoms with Crippen LogP contribution in [0.3, 0.4) is 0 Å². The van der Waals surface area contributed by atoms with E-state index in [1.54, 1.807) is 97.1 Å². The van der Waals surface area contributed by atoms with Crippen LogP contribution in [0.15, 0.2) is 169 Å². The summed E-state index contributed by atoms with van der Waals surface area (Å²) in [6.45, 7) is 2.85. The van der Waals surface area contributed by atoms with Crippen LogP contribution in [0.5, 0.6) is 23.0 Å². The Hall–Kier alpha value is -6.72. The molecule has 4 N–H and O–H groups in total. The number of benzene rings is 8. The number of methoxy groups -OCH3 is 2. The van der Waals surface area contributed by atoms with Gasteiger partial charge in [-0.15, -0.1) is 5.11 Å². The molecule has 0 radical (unpaired) electrons. The number of anilines is 1. The summed E-state index contributed by atoms with van der Waals surface area (Å²) in [6, 6.07) is 34.8. The molecule has 0 saturated heterocycles. The molecule has 0 bridgehead atoms. The minimum Gasteiger partial charge on any atom is -0.871 e. The Balaban J connectivity index is 0.000000235. The van der Waals surface area contributed by atoms with Gasteiger partial charge in [0.05, 0.1) is 42.5 Å². The van der Waals surface area contributed by atoms with E-state index < -0.39 is 53.3 Å². The van der Waals surface area contributed by atoms with Gasteiger partial charge >= 0.3 is 37.7 Å². The number of nitrogens with zero attached hydrogens (tertiary/aromatic N) is 5. The summed E-state index contributed by atoms with van der Waals surface area (Å²) in [4.78, 5) is 16.2. The normalized spacial score (nSPS) is 11.9. The number of hydrogen-bond donors (Lipinski definition) is 4. The summed E-state index contributed by atoms with van der Waals surface area (Å²) in [5.41, 5.74) is 0.649. The van der Waals surface area contributed by atoms with E-state index in [-0.39, 0.29) is 92.8 Å². The second-order valence-electron chi connectivity index (χ2n) is 15.4. The largest absolute Gasteiger partial charge is 2.00 e. The number of nitrogens with one attached hydrogen (secondary N) is 1. The van der Waals surface area contributed by atoms with Crippen molar-refractivity contribution in [3.63, 3.8) is 0 Å². The molecule has 0 aliphatic heterocycles. The van der Waals surface area contributed by atoms with Crippen molar-refractivity contribution in [1.29, 1.82) is 0 Å². The number of rotatable bonds is 12. The van der Waals surface area contributed by atoms with Crippen molar-refractivity contribution in [2.24, 2.45) is 25.4 Å². The number of halogens is 2. The van der Waals surface area contributed by atoms with Gasteiger partial charge in [0.15, 0.2) is 5.75 Å². The van der Waals surface area contributed by atoms with Crippen molar-refractivity contribution in [1.82, 2.24) is 0 Å². The first-order chi connectivity index (χ1) is 34.2. The molecule has 8 rings (SSSR count). The maximum absolute atomic E-state index is 13.3. The quantitative estimate of drug-likeness (QED) is 0.0292. The van der Waals surface area contributed by atoms with Gasteiger partial charge in [0, 0.05) is 38.6 Å². The van der Waals surface area contributed by atoms with Crippen LogP contribution < -0.4 is 25.0 Å². The molecule has 0 heterocycles. The van der Waals surface area contributed by atoms with Crippen LogP contribution in [0.1, 0.15) is 27.0 Å². The van der Waals surface area contributed by atoms with Gasteiger partial charge in [-0.2, -0.15) is 32.2 Å². The Morgan fingerprint density at radius 1 is 0.616 bits per heavy atom. The van der Waals surface area contributed by atoms with Crippen LogP contribution in [0.2, 0.25) is 10.0 Å². The van der Waals surface area contributed by atoms with Gasteiger partial charge in [0.25, 0.3) is 26.1 Å². The minimum absolute atomic E-state index is 0. The number of phenolic OH excluding ortho intramolecular Hbond substituents is 1. The van der Waals surface area contributed by atoms with Gasteiger partial charge in [0.2, 0.25) is 0 Å². The van der Waals surface area contributed by atoms with E-state index >= 15 is 0 Å². The molecular formula is C50H38CaCl2N6O12S2. The van der Waals surface area contributed by atoms with Crippen molar-refractivity contribution in [3.05, 3.63) is 166 Å². The number of ether oxygens (including phenoxy) is 2. The zero-order chi connectivity index (χ0) is 52.1. The van der Waals surface area contributed by atoms with Crippen molar-refractivity contribution in [3.8, 4) is 23.0 Å². The van der Waals surface area contributed by atoms with Gasteiger partial charge in [-0.1, -0.05) is 89.6 Å². The Labute approximate surface area is 457 Å². The van der Waals surface area contributed by atoms with E-state index in [2.05, 4.69) is 30.8 Å². The van der Waals surface area contributed by atoms with Crippen LogP contribution in [0.4, 0.5) is 34.1 Å². The van der Waals surface area contributed by atoms with E-state index in [0.717, 1.165) is 12.1 Å². The second-order valence-corrected chi connectivity index (χ2v) is 19.1. The predicted molar refractivity (Wildman–Crippen MR) is 275 cm³/mol. The molecule has 1 amide bonds. The maximum atomic E-state index is 13.3. The van der Waals surface area contributed by atoms with Crippen LogP contribution in [-0.2, 0) is 20.2 Å². The Kier molecular flexibility index (Phi) is 17.8. The van der Waals surface area contributed by atoms with E-state index in [9.17, 15) is 46.1 Å². The Morgan fingerprint density at radius 3 is 1.63 bits per heavy atom. The topological polar surface area (TPSA) is 284 Å². The van der Waals surface area contributed by atoms with E-state index in [1.165, 1.54) is 52.3 Å². The monoisotopic (exact) mass is 1090 g/mol. The number of fused-ring (bicyclic) bond motifs is 2. The molecule has 0 aromatic heterocycles. The molecule has 0 spiro atoms. The summed E-state index contributed by atoms with van der Waals surface area (Å²) in [6.07, 6.45) is 0. The fraction of sp³-hybridized carbons (Fsp3) is 0.0800. The number of carbonyl (C=O) groups excluding carboxylic acids is 1. The van der Waals surface area contributed by atoms with Crippen molar-refractivity contribution >= 4 is 149 Å². The molecule has 0 aliphatic rings. The Morgan fingerprint density at radius 2 is 1.10 bits per heavy atom. The van der Waals surface area contributed by atoms with E-state index in [1.807, 2.05) is 0 Å². The predicted octanol–water partition coefficient (Wildman–Crippen LogP) is 11.0. The molecule has 0 unspecified atom stereocenters. The molecule has 8 aromatic carbocycles. The fourth-order valence-electron chi connectivity index (χ4n) is 7.15. The summed E-state index contributed by atoms with van der Waals surface area (Å²) >= 11 is 12.0. The third-order valence-electron chi connectivity index (χ3n) is 10.7. The van der Waals surface area contributed by atoms with Crippen molar-refractivity contribution in [2.45, 2.75) is 23.6 Å². The number of phenols is 1. The first-order valence-corrected chi connectivity index (χ1v) is 24.5. The number of amides is 1. The zero-order valence-electron chi connectivity index (χ0n) is 38.7. The van der Waals surface area contributed by atoms with E-state index in [0.29, 0.717) is 44.4 Å². The molecule has 368 valence electrons. The molecule has 0 aliphatic carbocycles. The average Bonchev–Trinajstić information content (AvgIpc) is 3.34. The van der Waals surface area contributed by atoms with E-state index in [4.69, 9.17) is 32.7 Å². The van der Waals surface area contributed by atoms with Gasteiger partial charge in [-0.3, -0.25) is 18.9 Å². The average molecular weight is 1090 g/mol. The molecule has 23 heteroatoms. The number of azo groups is 2. The maximum Gasteiger partial charge on any atom is 2.00 e. The zero-order valence-corrected chi connectivity index (χ0v) is 44.1. The van der Waals surface area contributed by atoms with Crippen LogP contribution >= 0.6 is 23.2 Å². The van der Waals surface area contributed by atoms with Crippen LogP contribution in [0, 0.1) is 13.8 Å². The van der Waals surface area contributed by atoms with Crippen LogP contribution in [-0.4, -0.2) is 94.8 Å². The van der Waals surface area contributed by atoms with Crippen molar-refractivity contribution in [2.75, 3.05) is 19.5 Å². The summed E-state index contributed by atoms with van der Waals surface area (Å²) in [5, 5.41) is 58.5. The molecular weight excluding hydrogens is 1050 g/mol. The molecule has 8 aromatic rings. The number of hydrogen-bond acceptors (Lipinski definition) is 15. The number of carbonyl (C=O) groups is 1. The number of aromatic hydroxyl groups is 1. The first kappa shape index (κ1) is 55.6. The molecule has 0 atom stereocenters. The summed E-state index contributed by atoms with van der Waals surface area (Å²) < 4.78 is 76.1. The fourth-order valence-corrected chi connectivity index (χ4v) is 9.24.